The predicted octanol–water partition coefficient (Wildman–Crippen LogP) is 5.21. The van der Waals surface area contributed by atoms with Crippen LogP contribution in [0.2, 0.25) is 0 Å². The normalized spacial score (nSPS) is 11.8. The minimum atomic E-state index is 0.144. The number of carbonyl (C=O) groups excluding carboxylic acids is 1. The highest BCUT2D eigenvalue weighted by Gasteiger charge is 2.14. The minimum absolute atomic E-state index is 0.144. The molecule has 1 heterocycles. The molecule has 0 fully saturated rings. The molecule has 106 valence electrons. The van der Waals surface area contributed by atoms with Crippen LogP contribution < -0.4 is 0 Å². The van der Waals surface area contributed by atoms with E-state index in [-0.39, 0.29) is 5.41 Å². The lowest BCUT2D eigenvalue weighted by atomic mass is 9.86. The summed E-state index contributed by atoms with van der Waals surface area (Å²) in [5, 5.41) is 1.01. The Morgan fingerprint density at radius 3 is 2.29 bits per heavy atom. The van der Waals surface area contributed by atoms with Gasteiger partial charge in [0.2, 0.25) is 0 Å². The van der Waals surface area contributed by atoms with Gasteiger partial charge in [0.05, 0.1) is 0 Å². The van der Waals surface area contributed by atoms with Crippen LogP contribution in [0, 0.1) is 0 Å². The fourth-order valence-corrected chi connectivity index (χ4v) is 2.40. The summed E-state index contributed by atoms with van der Waals surface area (Å²) in [5.41, 5.74) is 3.86. The first kappa shape index (κ1) is 13.6. The number of hydrogen-bond donors (Lipinski definition) is 0. The number of benzene rings is 2. The quantitative estimate of drug-likeness (QED) is 0.602. The van der Waals surface area contributed by atoms with Crippen LogP contribution >= 0.6 is 0 Å². The topological polar surface area (TPSA) is 30.2 Å². The van der Waals surface area contributed by atoms with Crippen LogP contribution in [0.15, 0.2) is 52.9 Å². The van der Waals surface area contributed by atoms with Gasteiger partial charge < -0.3 is 4.42 Å². The highest BCUT2D eigenvalue weighted by Crippen LogP contribution is 2.30. The third kappa shape index (κ3) is 2.62. The van der Waals surface area contributed by atoms with Crippen molar-refractivity contribution in [3.05, 3.63) is 59.7 Å². The average molecular weight is 278 g/mol. The van der Waals surface area contributed by atoms with Crippen molar-refractivity contribution >= 4 is 17.3 Å². The van der Waals surface area contributed by atoms with Gasteiger partial charge in [-0.05, 0) is 23.1 Å². The molecule has 2 aromatic carbocycles. The van der Waals surface area contributed by atoms with Crippen molar-refractivity contribution in [2.45, 2.75) is 26.2 Å². The van der Waals surface area contributed by atoms with Crippen molar-refractivity contribution in [2.24, 2.45) is 0 Å². The number of furan rings is 1. The van der Waals surface area contributed by atoms with Crippen LogP contribution in [0.4, 0.5) is 0 Å². The maximum Gasteiger partial charge on any atom is 0.150 e. The SMILES string of the molecule is CC(C)(C)c1ccc(-c2cc3ccc(C=O)cc3o2)cc1. The van der Waals surface area contributed by atoms with Gasteiger partial charge in [-0.1, -0.05) is 57.2 Å². The smallest absolute Gasteiger partial charge is 0.150 e. The van der Waals surface area contributed by atoms with Crippen molar-refractivity contribution in [3.63, 3.8) is 0 Å². The van der Waals surface area contributed by atoms with Gasteiger partial charge in [-0.2, -0.15) is 0 Å². The molecule has 2 nitrogen and oxygen atoms in total. The van der Waals surface area contributed by atoms with Gasteiger partial charge in [0.15, 0.2) is 0 Å². The van der Waals surface area contributed by atoms with E-state index in [2.05, 4.69) is 45.0 Å². The first-order valence-corrected chi connectivity index (χ1v) is 7.07. The van der Waals surface area contributed by atoms with E-state index in [1.54, 1.807) is 12.1 Å². The lowest BCUT2D eigenvalue weighted by Crippen LogP contribution is -2.10. The van der Waals surface area contributed by atoms with E-state index < -0.39 is 0 Å². The molecular formula is C19H18O2. The summed E-state index contributed by atoms with van der Waals surface area (Å²) in [5.74, 6) is 0.827. The molecule has 0 saturated heterocycles. The van der Waals surface area contributed by atoms with Crippen molar-refractivity contribution in [1.29, 1.82) is 0 Å². The fourth-order valence-electron chi connectivity index (χ4n) is 2.40. The van der Waals surface area contributed by atoms with E-state index in [4.69, 9.17) is 4.42 Å². The van der Waals surface area contributed by atoms with E-state index in [0.717, 1.165) is 28.6 Å². The molecule has 1 aromatic heterocycles. The van der Waals surface area contributed by atoms with Crippen LogP contribution in [-0.2, 0) is 5.41 Å². The molecule has 0 saturated carbocycles. The van der Waals surface area contributed by atoms with Gasteiger partial charge in [-0.25, -0.2) is 0 Å². The Hall–Kier alpha value is -2.35. The molecule has 0 aliphatic carbocycles. The summed E-state index contributed by atoms with van der Waals surface area (Å²) in [6, 6.07) is 15.9. The van der Waals surface area contributed by atoms with Crippen LogP contribution in [0.1, 0.15) is 36.7 Å². The Morgan fingerprint density at radius 1 is 0.952 bits per heavy atom. The van der Waals surface area contributed by atoms with E-state index >= 15 is 0 Å². The first-order valence-electron chi connectivity index (χ1n) is 7.07. The maximum absolute atomic E-state index is 10.8. The van der Waals surface area contributed by atoms with E-state index in [1.165, 1.54) is 5.56 Å². The molecule has 0 aliphatic heterocycles. The Balaban J connectivity index is 2.02. The monoisotopic (exact) mass is 278 g/mol. The summed E-state index contributed by atoms with van der Waals surface area (Å²) < 4.78 is 5.86. The number of carbonyl (C=O) groups is 1. The number of aldehydes is 1. The number of hydrogen-bond acceptors (Lipinski definition) is 2. The highest BCUT2D eigenvalue weighted by atomic mass is 16.3. The maximum atomic E-state index is 10.8. The van der Waals surface area contributed by atoms with Gasteiger partial charge in [0.1, 0.15) is 17.6 Å². The second kappa shape index (κ2) is 4.88. The van der Waals surface area contributed by atoms with Crippen LogP contribution in [0.25, 0.3) is 22.3 Å². The van der Waals surface area contributed by atoms with Crippen molar-refractivity contribution in [2.75, 3.05) is 0 Å². The molecular weight excluding hydrogens is 260 g/mol. The largest absolute Gasteiger partial charge is 0.456 e. The molecule has 3 aromatic rings. The summed E-state index contributed by atoms with van der Waals surface area (Å²) in [6.45, 7) is 6.60. The number of fused-ring (bicyclic) bond motifs is 1. The van der Waals surface area contributed by atoms with Gasteiger partial charge in [0, 0.05) is 16.5 Å². The summed E-state index contributed by atoms with van der Waals surface area (Å²) in [6.07, 6.45) is 0.833. The van der Waals surface area contributed by atoms with Crippen molar-refractivity contribution < 1.29 is 9.21 Å². The van der Waals surface area contributed by atoms with Gasteiger partial charge in [0.25, 0.3) is 0 Å². The lowest BCUT2D eigenvalue weighted by molar-refractivity contribution is 0.112. The second-order valence-electron chi connectivity index (χ2n) is 6.35. The van der Waals surface area contributed by atoms with E-state index in [9.17, 15) is 4.79 Å². The molecule has 0 radical (unpaired) electrons. The average Bonchev–Trinajstić information content (AvgIpc) is 2.89. The van der Waals surface area contributed by atoms with Crippen molar-refractivity contribution in [3.8, 4) is 11.3 Å². The van der Waals surface area contributed by atoms with Gasteiger partial charge >= 0.3 is 0 Å². The molecule has 21 heavy (non-hydrogen) atoms. The molecule has 0 amide bonds. The lowest BCUT2D eigenvalue weighted by Gasteiger charge is -2.18. The Morgan fingerprint density at radius 2 is 1.67 bits per heavy atom. The second-order valence-corrected chi connectivity index (χ2v) is 6.35. The fraction of sp³-hybridized carbons (Fsp3) is 0.211. The van der Waals surface area contributed by atoms with Gasteiger partial charge in [-0.3, -0.25) is 4.79 Å². The molecule has 0 aliphatic rings. The van der Waals surface area contributed by atoms with Gasteiger partial charge in [-0.15, -0.1) is 0 Å². The molecule has 0 bridgehead atoms. The Labute approximate surface area is 124 Å². The standard InChI is InChI=1S/C19H18O2/c1-19(2,3)16-8-6-14(7-9-16)18-11-15-5-4-13(12-20)10-17(15)21-18/h4-12H,1-3H3. The van der Waals surface area contributed by atoms with Crippen LogP contribution in [0.5, 0.6) is 0 Å². The van der Waals surface area contributed by atoms with E-state index in [0.29, 0.717) is 5.56 Å². The molecule has 0 spiro atoms. The number of rotatable bonds is 2. The minimum Gasteiger partial charge on any atom is -0.456 e. The molecule has 0 atom stereocenters. The zero-order valence-corrected chi connectivity index (χ0v) is 12.5. The Kier molecular flexibility index (Phi) is 3.17. The zero-order valence-electron chi connectivity index (χ0n) is 12.5. The zero-order chi connectivity index (χ0) is 15.0. The molecule has 2 heteroatoms. The Bertz CT molecular complexity index is 787. The summed E-state index contributed by atoms with van der Waals surface area (Å²) in [7, 11) is 0. The first-order chi connectivity index (χ1) is 9.97. The molecule has 0 N–H and O–H groups in total. The third-order valence-electron chi connectivity index (χ3n) is 3.72. The predicted molar refractivity (Wildman–Crippen MR) is 85.7 cm³/mol. The van der Waals surface area contributed by atoms with Crippen molar-refractivity contribution in [1.82, 2.24) is 0 Å². The van der Waals surface area contributed by atoms with Crippen LogP contribution in [0.3, 0.4) is 0 Å². The summed E-state index contributed by atoms with van der Waals surface area (Å²) >= 11 is 0. The molecule has 0 unspecified atom stereocenters. The molecule has 3 rings (SSSR count). The summed E-state index contributed by atoms with van der Waals surface area (Å²) in [4.78, 5) is 10.8. The third-order valence-corrected chi connectivity index (χ3v) is 3.72. The van der Waals surface area contributed by atoms with Crippen LogP contribution in [-0.4, -0.2) is 6.29 Å². The highest BCUT2D eigenvalue weighted by molar-refractivity contribution is 5.88. The van der Waals surface area contributed by atoms with E-state index in [1.807, 2.05) is 12.1 Å².